The van der Waals surface area contributed by atoms with Gasteiger partial charge in [-0.1, -0.05) is 34.1 Å². The molecule has 0 fully saturated rings. The van der Waals surface area contributed by atoms with Crippen LogP contribution in [0, 0.1) is 23.7 Å². The van der Waals surface area contributed by atoms with Gasteiger partial charge in [0.05, 0.1) is 0 Å². The molecule has 0 aromatic rings. The molecule has 0 aliphatic carbocycles. The van der Waals surface area contributed by atoms with E-state index in [1.807, 2.05) is 0 Å². The van der Waals surface area contributed by atoms with Gasteiger partial charge in [0, 0.05) is 12.8 Å². The highest BCUT2D eigenvalue weighted by molar-refractivity contribution is 4.98. The molecule has 76 valence electrons. The van der Waals surface area contributed by atoms with E-state index in [2.05, 4.69) is 39.5 Å². The minimum absolute atomic E-state index is 0.818. The normalized spacial score (nSPS) is 12.4. The van der Waals surface area contributed by atoms with Gasteiger partial charge in [-0.2, -0.15) is 0 Å². The van der Waals surface area contributed by atoms with Crippen molar-refractivity contribution in [3.63, 3.8) is 0 Å². The van der Waals surface area contributed by atoms with E-state index < -0.39 is 0 Å². The van der Waals surface area contributed by atoms with Crippen LogP contribution in [0.4, 0.5) is 0 Å². The molecule has 0 bridgehead atoms. The molecule has 0 rings (SSSR count). The highest BCUT2D eigenvalue weighted by Gasteiger charge is 2.08. The molecule has 0 heteroatoms. The Labute approximate surface area is 84.1 Å². The summed E-state index contributed by atoms with van der Waals surface area (Å²) in [7, 11) is 0. The van der Waals surface area contributed by atoms with Gasteiger partial charge in [-0.3, -0.25) is 0 Å². The van der Waals surface area contributed by atoms with Gasteiger partial charge in [0.2, 0.25) is 0 Å². The monoisotopic (exact) mass is 180 g/mol. The summed E-state index contributed by atoms with van der Waals surface area (Å²) in [5, 5.41) is 0. The SMILES string of the molecule is CCCC#CCCC(CC)C(C)C. The summed E-state index contributed by atoms with van der Waals surface area (Å²) in [6.45, 7) is 9.09. The standard InChI is InChI=1S/C13H24/c1-5-7-8-9-10-11-13(6-2)12(3)4/h12-13H,5-7,10-11H2,1-4H3. The molecule has 0 heterocycles. The van der Waals surface area contributed by atoms with Crippen LogP contribution in [0.3, 0.4) is 0 Å². The second-order valence-electron chi connectivity index (χ2n) is 4.05. The minimum atomic E-state index is 0.818. The number of hydrogen-bond donors (Lipinski definition) is 0. The lowest BCUT2D eigenvalue weighted by atomic mass is 9.89. The van der Waals surface area contributed by atoms with Crippen LogP contribution >= 0.6 is 0 Å². The Hall–Kier alpha value is -0.440. The van der Waals surface area contributed by atoms with Crippen LogP contribution in [0.15, 0.2) is 0 Å². The zero-order valence-electron chi connectivity index (χ0n) is 9.69. The first-order valence-corrected chi connectivity index (χ1v) is 5.68. The van der Waals surface area contributed by atoms with E-state index in [0.29, 0.717) is 0 Å². The minimum Gasteiger partial charge on any atom is -0.103 e. The van der Waals surface area contributed by atoms with Gasteiger partial charge < -0.3 is 0 Å². The molecule has 1 unspecified atom stereocenters. The molecule has 0 aliphatic rings. The van der Waals surface area contributed by atoms with Crippen molar-refractivity contribution in [3.05, 3.63) is 0 Å². The zero-order valence-corrected chi connectivity index (χ0v) is 9.69. The largest absolute Gasteiger partial charge is 0.103 e. The summed E-state index contributed by atoms with van der Waals surface area (Å²) in [5.41, 5.74) is 0. The maximum absolute atomic E-state index is 3.26. The van der Waals surface area contributed by atoms with Crippen LogP contribution in [-0.2, 0) is 0 Å². The molecule has 0 N–H and O–H groups in total. The Balaban J connectivity index is 3.56. The fourth-order valence-corrected chi connectivity index (χ4v) is 1.57. The Morgan fingerprint density at radius 2 is 1.62 bits per heavy atom. The Bertz CT molecular complexity index is 157. The van der Waals surface area contributed by atoms with Crippen LogP contribution in [0.2, 0.25) is 0 Å². The van der Waals surface area contributed by atoms with Gasteiger partial charge in [-0.05, 0) is 24.7 Å². The van der Waals surface area contributed by atoms with Crippen LogP contribution in [-0.4, -0.2) is 0 Å². The summed E-state index contributed by atoms with van der Waals surface area (Å²) in [4.78, 5) is 0. The van der Waals surface area contributed by atoms with E-state index in [4.69, 9.17) is 0 Å². The number of hydrogen-bond acceptors (Lipinski definition) is 0. The van der Waals surface area contributed by atoms with Gasteiger partial charge in [0.25, 0.3) is 0 Å². The van der Waals surface area contributed by atoms with Gasteiger partial charge in [-0.25, -0.2) is 0 Å². The second kappa shape index (κ2) is 8.17. The van der Waals surface area contributed by atoms with Crippen LogP contribution in [0.25, 0.3) is 0 Å². The third kappa shape index (κ3) is 6.70. The highest BCUT2D eigenvalue weighted by Crippen LogP contribution is 2.19. The van der Waals surface area contributed by atoms with Crippen molar-refractivity contribution < 1.29 is 0 Å². The Kier molecular flexibility index (Phi) is 7.90. The average Bonchev–Trinajstić information content (AvgIpc) is 2.10. The van der Waals surface area contributed by atoms with Crippen molar-refractivity contribution >= 4 is 0 Å². The summed E-state index contributed by atoms with van der Waals surface area (Å²) < 4.78 is 0. The summed E-state index contributed by atoms with van der Waals surface area (Å²) in [6, 6.07) is 0. The van der Waals surface area contributed by atoms with E-state index in [9.17, 15) is 0 Å². The molecule has 1 atom stereocenters. The first-order chi connectivity index (χ1) is 6.22. The van der Waals surface area contributed by atoms with Gasteiger partial charge in [0.15, 0.2) is 0 Å². The van der Waals surface area contributed by atoms with Crippen molar-refractivity contribution in [2.45, 2.75) is 59.8 Å². The summed E-state index contributed by atoms with van der Waals surface area (Å²) in [6.07, 6.45) is 5.93. The van der Waals surface area contributed by atoms with Gasteiger partial charge in [-0.15, -0.1) is 11.8 Å². The van der Waals surface area contributed by atoms with Crippen molar-refractivity contribution in [2.75, 3.05) is 0 Å². The first-order valence-electron chi connectivity index (χ1n) is 5.68. The lowest BCUT2D eigenvalue weighted by molar-refractivity contribution is 0.353. The van der Waals surface area contributed by atoms with E-state index in [-0.39, 0.29) is 0 Å². The third-order valence-corrected chi connectivity index (χ3v) is 2.61. The lowest BCUT2D eigenvalue weighted by Gasteiger charge is -2.16. The van der Waals surface area contributed by atoms with Crippen LogP contribution < -0.4 is 0 Å². The topological polar surface area (TPSA) is 0 Å². The zero-order chi connectivity index (χ0) is 10.1. The molecule has 0 spiro atoms. The molecule has 0 aliphatic heterocycles. The molecule has 0 aromatic carbocycles. The van der Waals surface area contributed by atoms with E-state index in [1.165, 1.54) is 19.3 Å². The fourth-order valence-electron chi connectivity index (χ4n) is 1.57. The molecule has 0 nitrogen and oxygen atoms in total. The highest BCUT2D eigenvalue weighted by atomic mass is 14.1. The summed E-state index contributed by atoms with van der Waals surface area (Å²) in [5.74, 6) is 8.15. The molecule has 13 heavy (non-hydrogen) atoms. The van der Waals surface area contributed by atoms with Crippen LogP contribution in [0.1, 0.15) is 59.8 Å². The molecular weight excluding hydrogens is 156 g/mol. The summed E-state index contributed by atoms with van der Waals surface area (Å²) >= 11 is 0. The quantitative estimate of drug-likeness (QED) is 0.555. The smallest absolute Gasteiger partial charge is 0.00914 e. The van der Waals surface area contributed by atoms with Crippen molar-refractivity contribution in [2.24, 2.45) is 11.8 Å². The van der Waals surface area contributed by atoms with Crippen molar-refractivity contribution in [1.29, 1.82) is 0 Å². The average molecular weight is 180 g/mol. The maximum atomic E-state index is 3.26. The lowest BCUT2D eigenvalue weighted by Crippen LogP contribution is -2.06. The van der Waals surface area contributed by atoms with Gasteiger partial charge in [0.1, 0.15) is 0 Å². The molecular formula is C13H24. The molecule has 0 saturated heterocycles. The van der Waals surface area contributed by atoms with Gasteiger partial charge >= 0.3 is 0 Å². The first kappa shape index (κ1) is 12.6. The predicted molar refractivity (Wildman–Crippen MR) is 60.5 cm³/mol. The van der Waals surface area contributed by atoms with E-state index in [1.54, 1.807) is 0 Å². The molecule has 0 amide bonds. The van der Waals surface area contributed by atoms with E-state index in [0.717, 1.165) is 24.7 Å². The third-order valence-electron chi connectivity index (χ3n) is 2.61. The fraction of sp³-hybridized carbons (Fsp3) is 0.846. The van der Waals surface area contributed by atoms with Crippen molar-refractivity contribution in [3.8, 4) is 11.8 Å². The number of rotatable bonds is 5. The molecule has 0 aromatic heterocycles. The second-order valence-corrected chi connectivity index (χ2v) is 4.05. The maximum Gasteiger partial charge on any atom is 0.00914 e. The van der Waals surface area contributed by atoms with Crippen molar-refractivity contribution in [1.82, 2.24) is 0 Å². The molecule has 0 radical (unpaired) electrons. The van der Waals surface area contributed by atoms with E-state index >= 15 is 0 Å². The van der Waals surface area contributed by atoms with Crippen LogP contribution in [0.5, 0.6) is 0 Å². The Morgan fingerprint density at radius 3 is 2.08 bits per heavy atom. The predicted octanol–water partition coefficient (Wildman–Crippen LogP) is 4.25. The number of unbranched alkanes of at least 4 members (excludes halogenated alkanes) is 1. The Morgan fingerprint density at radius 1 is 1.00 bits per heavy atom. The molecule has 0 saturated carbocycles.